The zero-order chi connectivity index (χ0) is 28.8. The van der Waals surface area contributed by atoms with Crippen molar-refractivity contribution in [1.29, 1.82) is 0 Å². The number of nitrogens with one attached hydrogen (secondary N) is 1. The first-order valence-corrected chi connectivity index (χ1v) is 13.2. The lowest BCUT2D eigenvalue weighted by molar-refractivity contribution is -0.136. The lowest BCUT2D eigenvalue weighted by Gasteiger charge is -2.36. The van der Waals surface area contributed by atoms with Gasteiger partial charge in [-0.2, -0.15) is 0 Å². The van der Waals surface area contributed by atoms with Gasteiger partial charge in [0, 0.05) is 43.9 Å². The number of piperidine rings is 1. The minimum atomic E-state index is -1.01. The van der Waals surface area contributed by atoms with E-state index in [0.717, 1.165) is 10.6 Å². The van der Waals surface area contributed by atoms with Gasteiger partial charge in [-0.05, 0) is 69.7 Å². The van der Waals surface area contributed by atoms with Crippen LogP contribution in [0.1, 0.15) is 75.0 Å². The molecule has 0 saturated carbocycles. The molecular weight excluding hydrogens is 516 g/mol. The highest BCUT2D eigenvalue weighted by Gasteiger charge is 2.44. The molecule has 1 atom stereocenters. The van der Waals surface area contributed by atoms with Crippen LogP contribution in [0.3, 0.4) is 0 Å². The molecule has 3 aliphatic heterocycles. The predicted molar refractivity (Wildman–Crippen MR) is 143 cm³/mol. The normalized spacial score (nSPS) is 19.5. The van der Waals surface area contributed by atoms with Crippen molar-refractivity contribution >= 4 is 41.2 Å². The minimum Gasteiger partial charge on any atom is -0.456 e. The van der Waals surface area contributed by atoms with E-state index < -0.39 is 41.2 Å². The molecule has 1 unspecified atom stereocenters. The molecule has 0 spiro atoms. The second-order valence-corrected chi connectivity index (χ2v) is 11.0. The largest absolute Gasteiger partial charge is 0.456 e. The molecule has 3 aliphatic rings. The maximum atomic E-state index is 13.1. The summed E-state index contributed by atoms with van der Waals surface area (Å²) < 4.78 is 5.37. The van der Waals surface area contributed by atoms with Gasteiger partial charge in [0.1, 0.15) is 11.6 Å². The highest BCUT2D eigenvalue weighted by molar-refractivity contribution is 6.23. The van der Waals surface area contributed by atoms with Gasteiger partial charge >= 0.3 is 5.97 Å². The Hall–Kier alpha value is -4.54. The number of esters is 1. The van der Waals surface area contributed by atoms with Gasteiger partial charge in [-0.25, -0.2) is 4.79 Å². The Morgan fingerprint density at radius 1 is 0.850 bits per heavy atom. The third-order valence-corrected chi connectivity index (χ3v) is 7.12. The standard InChI is InChI=1S/C29H30N4O7/c1-29(2,3)40-28(39)18-6-4-17(5-7-18)25(36)32-14-12-31(13-15-32)19-8-9-20-21(16-19)27(38)33(26(20)37)22-10-11-23(34)30-24(22)35/h4-9,16,22H,10-15H2,1-3H3,(H,30,34,35). The number of rotatable bonds is 4. The molecule has 1 N–H and O–H groups in total. The number of amides is 5. The van der Waals surface area contributed by atoms with Crippen LogP contribution in [0.5, 0.6) is 0 Å². The summed E-state index contributed by atoms with van der Waals surface area (Å²) in [6, 6.07) is 10.4. The maximum absolute atomic E-state index is 13.1. The molecule has 3 heterocycles. The number of fused-ring (bicyclic) bond motifs is 1. The molecule has 5 amide bonds. The van der Waals surface area contributed by atoms with Gasteiger partial charge in [0.05, 0.1) is 16.7 Å². The summed E-state index contributed by atoms with van der Waals surface area (Å²) in [4.78, 5) is 79.9. The van der Waals surface area contributed by atoms with Crippen LogP contribution in [-0.2, 0) is 14.3 Å². The summed E-state index contributed by atoms with van der Waals surface area (Å²) in [5.74, 6) is -2.77. The molecule has 5 rings (SSSR count). The third-order valence-electron chi connectivity index (χ3n) is 7.12. The third kappa shape index (κ3) is 5.18. The SMILES string of the molecule is CC(C)(C)OC(=O)c1ccc(C(=O)N2CCN(c3ccc4c(c3)C(=O)N(C3CCC(=O)NC3=O)C4=O)CC2)cc1. The van der Waals surface area contributed by atoms with E-state index in [1.54, 1.807) is 68.1 Å². The number of benzene rings is 2. The molecule has 0 radical (unpaired) electrons. The topological polar surface area (TPSA) is 133 Å². The Bertz CT molecular complexity index is 1420. The molecule has 0 bridgehead atoms. The summed E-state index contributed by atoms with van der Waals surface area (Å²) >= 11 is 0. The van der Waals surface area contributed by atoms with E-state index in [1.807, 2.05) is 4.90 Å². The number of nitrogens with zero attached hydrogens (tertiary/aromatic N) is 3. The Kier molecular flexibility index (Phi) is 6.91. The molecule has 0 aliphatic carbocycles. The summed E-state index contributed by atoms with van der Waals surface area (Å²) in [6.45, 7) is 7.28. The Morgan fingerprint density at radius 3 is 2.10 bits per heavy atom. The molecule has 11 nitrogen and oxygen atoms in total. The van der Waals surface area contributed by atoms with E-state index in [9.17, 15) is 28.8 Å². The summed E-state index contributed by atoms with van der Waals surface area (Å²) in [6.07, 6.45) is 0.161. The fourth-order valence-corrected chi connectivity index (χ4v) is 5.09. The van der Waals surface area contributed by atoms with Crippen molar-refractivity contribution in [3.8, 4) is 0 Å². The number of carbonyl (C=O) groups is 6. The lowest BCUT2D eigenvalue weighted by Crippen LogP contribution is -2.54. The molecule has 2 saturated heterocycles. The number of hydrogen-bond acceptors (Lipinski definition) is 8. The van der Waals surface area contributed by atoms with Gasteiger partial charge in [-0.1, -0.05) is 0 Å². The van der Waals surface area contributed by atoms with E-state index in [1.165, 1.54) is 0 Å². The van der Waals surface area contributed by atoms with Gasteiger partial charge in [0.25, 0.3) is 17.7 Å². The predicted octanol–water partition coefficient (Wildman–Crippen LogP) is 2.01. The molecule has 2 aromatic rings. The van der Waals surface area contributed by atoms with Gasteiger partial charge in [-0.15, -0.1) is 0 Å². The van der Waals surface area contributed by atoms with Crippen molar-refractivity contribution in [1.82, 2.24) is 15.1 Å². The lowest BCUT2D eigenvalue weighted by atomic mass is 10.0. The molecule has 0 aromatic heterocycles. The molecule has 208 valence electrons. The van der Waals surface area contributed by atoms with Gasteiger partial charge < -0.3 is 14.5 Å². The van der Waals surface area contributed by atoms with Crippen LogP contribution in [0.25, 0.3) is 0 Å². The average molecular weight is 547 g/mol. The van der Waals surface area contributed by atoms with Crippen molar-refractivity contribution in [2.45, 2.75) is 45.3 Å². The van der Waals surface area contributed by atoms with Crippen molar-refractivity contribution in [2.75, 3.05) is 31.1 Å². The molecule has 2 aromatic carbocycles. The Morgan fingerprint density at radius 2 is 1.48 bits per heavy atom. The highest BCUT2D eigenvalue weighted by atomic mass is 16.6. The Balaban J connectivity index is 1.22. The monoisotopic (exact) mass is 546 g/mol. The van der Waals surface area contributed by atoms with E-state index in [4.69, 9.17) is 4.74 Å². The molecular formula is C29H30N4O7. The van der Waals surface area contributed by atoms with Crippen molar-refractivity contribution in [2.24, 2.45) is 0 Å². The fourth-order valence-electron chi connectivity index (χ4n) is 5.09. The van der Waals surface area contributed by atoms with Crippen LogP contribution in [0.4, 0.5) is 5.69 Å². The number of carbonyl (C=O) groups excluding carboxylic acids is 6. The minimum absolute atomic E-state index is 0.0615. The van der Waals surface area contributed by atoms with E-state index in [0.29, 0.717) is 37.3 Å². The molecule has 40 heavy (non-hydrogen) atoms. The Labute approximate surface area is 231 Å². The van der Waals surface area contributed by atoms with Crippen LogP contribution in [0.2, 0.25) is 0 Å². The molecule has 11 heteroatoms. The fraction of sp³-hybridized carbons (Fsp3) is 0.379. The van der Waals surface area contributed by atoms with Gasteiger partial charge in [0.2, 0.25) is 11.8 Å². The zero-order valence-electron chi connectivity index (χ0n) is 22.6. The molecule has 2 fully saturated rings. The van der Waals surface area contributed by atoms with Crippen LogP contribution >= 0.6 is 0 Å². The average Bonchev–Trinajstić information content (AvgIpc) is 3.16. The first-order valence-electron chi connectivity index (χ1n) is 13.2. The number of ether oxygens (including phenoxy) is 1. The number of anilines is 1. The first kappa shape index (κ1) is 27.0. The van der Waals surface area contributed by atoms with Crippen molar-refractivity contribution < 1.29 is 33.5 Å². The van der Waals surface area contributed by atoms with Crippen LogP contribution in [-0.4, -0.2) is 83.1 Å². The van der Waals surface area contributed by atoms with E-state index in [2.05, 4.69) is 5.32 Å². The van der Waals surface area contributed by atoms with Gasteiger partial charge in [0.15, 0.2) is 0 Å². The van der Waals surface area contributed by atoms with E-state index >= 15 is 0 Å². The van der Waals surface area contributed by atoms with Crippen LogP contribution < -0.4 is 10.2 Å². The summed E-state index contributed by atoms with van der Waals surface area (Å²) in [7, 11) is 0. The number of hydrogen-bond donors (Lipinski definition) is 1. The highest BCUT2D eigenvalue weighted by Crippen LogP contribution is 2.31. The van der Waals surface area contributed by atoms with Crippen LogP contribution in [0, 0.1) is 0 Å². The number of piperazine rings is 1. The van der Waals surface area contributed by atoms with Crippen LogP contribution in [0.15, 0.2) is 42.5 Å². The number of imide groups is 2. The van der Waals surface area contributed by atoms with Gasteiger partial charge in [-0.3, -0.25) is 34.2 Å². The second-order valence-electron chi connectivity index (χ2n) is 11.0. The van der Waals surface area contributed by atoms with Crippen molar-refractivity contribution in [3.63, 3.8) is 0 Å². The zero-order valence-corrected chi connectivity index (χ0v) is 22.6. The first-order chi connectivity index (χ1) is 18.9. The van der Waals surface area contributed by atoms with E-state index in [-0.39, 0.29) is 29.9 Å². The smallest absolute Gasteiger partial charge is 0.338 e. The second kappa shape index (κ2) is 10.2. The summed E-state index contributed by atoms with van der Waals surface area (Å²) in [5.41, 5.74) is 1.41. The summed E-state index contributed by atoms with van der Waals surface area (Å²) in [5, 5.41) is 2.19. The van der Waals surface area contributed by atoms with Crippen molar-refractivity contribution in [3.05, 3.63) is 64.7 Å². The quantitative estimate of drug-likeness (QED) is 0.455. The maximum Gasteiger partial charge on any atom is 0.338 e.